The summed E-state index contributed by atoms with van der Waals surface area (Å²) >= 11 is 0. The minimum Gasteiger partial charge on any atom is -0.308 e. The molecule has 3 nitrogen and oxygen atoms in total. The highest BCUT2D eigenvalue weighted by Gasteiger charge is 2.21. The molecule has 0 aliphatic heterocycles. The van der Waals surface area contributed by atoms with Gasteiger partial charge in [0, 0.05) is 37.3 Å². The molecule has 1 N–H and O–H groups in total. The number of aryl methyl sites for hydroxylation is 1. The van der Waals surface area contributed by atoms with Crippen LogP contribution in [0.5, 0.6) is 0 Å². The molecule has 0 bridgehead atoms. The summed E-state index contributed by atoms with van der Waals surface area (Å²) in [4.78, 5) is 0. The number of hydrogen-bond donors (Lipinski definition) is 1. The molecule has 0 aliphatic carbocycles. The van der Waals surface area contributed by atoms with E-state index in [1.807, 2.05) is 11.7 Å². The average molecular weight is 275 g/mol. The van der Waals surface area contributed by atoms with E-state index in [1.165, 1.54) is 17.7 Å². The Balaban J connectivity index is 1.99. The van der Waals surface area contributed by atoms with Crippen LogP contribution in [-0.4, -0.2) is 9.78 Å². The van der Waals surface area contributed by atoms with Crippen molar-refractivity contribution in [2.24, 2.45) is 7.05 Å². The van der Waals surface area contributed by atoms with Gasteiger partial charge >= 0.3 is 0 Å². The highest BCUT2D eigenvalue weighted by atomic mass is 19.1. The fourth-order valence-electron chi connectivity index (χ4n) is 2.24. The van der Waals surface area contributed by atoms with Gasteiger partial charge in [-0.05, 0) is 17.7 Å². The monoisotopic (exact) mass is 275 g/mol. The standard InChI is InChI=1S/C16H22FN3/c1-16(2,3)15-13(11-20(4)19-15)10-18-9-12-5-7-14(17)8-6-12/h5-8,11,18H,9-10H2,1-4H3. The molecule has 0 saturated heterocycles. The number of rotatable bonds is 4. The fourth-order valence-corrected chi connectivity index (χ4v) is 2.24. The van der Waals surface area contributed by atoms with Crippen LogP contribution in [0.3, 0.4) is 0 Å². The number of aromatic nitrogens is 2. The molecule has 0 radical (unpaired) electrons. The highest BCUT2D eigenvalue weighted by molar-refractivity contribution is 5.24. The number of nitrogens with one attached hydrogen (secondary N) is 1. The van der Waals surface area contributed by atoms with Crippen LogP contribution in [0.1, 0.15) is 37.6 Å². The van der Waals surface area contributed by atoms with Crippen LogP contribution < -0.4 is 5.32 Å². The lowest BCUT2D eigenvalue weighted by atomic mass is 9.89. The summed E-state index contributed by atoms with van der Waals surface area (Å²) in [5.74, 6) is -0.198. The van der Waals surface area contributed by atoms with Gasteiger partial charge in [0.2, 0.25) is 0 Å². The fraction of sp³-hybridized carbons (Fsp3) is 0.438. The lowest BCUT2D eigenvalue weighted by Crippen LogP contribution is -2.19. The molecule has 1 heterocycles. The molecule has 2 aromatic rings. The normalized spacial score (nSPS) is 11.8. The maximum absolute atomic E-state index is 12.8. The van der Waals surface area contributed by atoms with Crippen LogP contribution >= 0.6 is 0 Å². The molecule has 0 saturated carbocycles. The summed E-state index contributed by atoms with van der Waals surface area (Å²) < 4.78 is 14.7. The first kappa shape index (κ1) is 14.7. The lowest BCUT2D eigenvalue weighted by Gasteiger charge is -2.17. The predicted octanol–water partition coefficient (Wildman–Crippen LogP) is 3.15. The molecule has 20 heavy (non-hydrogen) atoms. The molecule has 1 aromatic carbocycles. The SMILES string of the molecule is Cn1cc(CNCc2ccc(F)cc2)c(C(C)(C)C)n1. The minimum atomic E-state index is -0.198. The second-order valence-corrected chi connectivity index (χ2v) is 6.16. The Hall–Kier alpha value is -1.68. The minimum absolute atomic E-state index is 0.0359. The van der Waals surface area contributed by atoms with Crippen LogP contribution in [0, 0.1) is 5.82 Å². The third-order valence-corrected chi connectivity index (χ3v) is 3.17. The van der Waals surface area contributed by atoms with Gasteiger partial charge in [-0.3, -0.25) is 4.68 Å². The van der Waals surface area contributed by atoms with Crippen molar-refractivity contribution in [2.75, 3.05) is 0 Å². The maximum atomic E-state index is 12.8. The van der Waals surface area contributed by atoms with Gasteiger partial charge in [0.15, 0.2) is 0 Å². The zero-order valence-corrected chi connectivity index (χ0v) is 12.6. The largest absolute Gasteiger partial charge is 0.308 e. The van der Waals surface area contributed by atoms with Crippen LogP contribution in [0.4, 0.5) is 4.39 Å². The molecular weight excluding hydrogens is 253 g/mol. The second-order valence-electron chi connectivity index (χ2n) is 6.16. The Morgan fingerprint density at radius 2 is 1.80 bits per heavy atom. The van der Waals surface area contributed by atoms with Gasteiger partial charge in [-0.15, -0.1) is 0 Å². The third-order valence-electron chi connectivity index (χ3n) is 3.17. The van der Waals surface area contributed by atoms with Crippen molar-refractivity contribution in [1.29, 1.82) is 0 Å². The summed E-state index contributed by atoms with van der Waals surface area (Å²) in [5, 5.41) is 7.93. The van der Waals surface area contributed by atoms with E-state index in [0.29, 0.717) is 0 Å². The lowest BCUT2D eigenvalue weighted by molar-refractivity contribution is 0.543. The first-order valence-electron chi connectivity index (χ1n) is 6.84. The van der Waals surface area contributed by atoms with Crippen molar-refractivity contribution in [1.82, 2.24) is 15.1 Å². The third kappa shape index (κ3) is 3.67. The van der Waals surface area contributed by atoms with E-state index >= 15 is 0 Å². The zero-order chi connectivity index (χ0) is 14.8. The van der Waals surface area contributed by atoms with Crippen molar-refractivity contribution >= 4 is 0 Å². The summed E-state index contributed by atoms with van der Waals surface area (Å²) in [6, 6.07) is 6.58. The Bertz CT molecular complexity index is 564. The first-order chi connectivity index (χ1) is 9.36. The van der Waals surface area contributed by atoms with Crippen LogP contribution in [0.2, 0.25) is 0 Å². The van der Waals surface area contributed by atoms with Crippen molar-refractivity contribution in [3.63, 3.8) is 0 Å². The van der Waals surface area contributed by atoms with Gasteiger partial charge < -0.3 is 5.32 Å². The molecule has 0 fully saturated rings. The van der Waals surface area contributed by atoms with E-state index < -0.39 is 0 Å². The predicted molar refractivity (Wildman–Crippen MR) is 78.9 cm³/mol. The molecule has 0 aliphatic rings. The molecule has 0 amide bonds. The van der Waals surface area contributed by atoms with E-state index in [-0.39, 0.29) is 11.2 Å². The Morgan fingerprint density at radius 3 is 2.40 bits per heavy atom. The highest BCUT2D eigenvalue weighted by Crippen LogP contribution is 2.24. The average Bonchev–Trinajstić information content (AvgIpc) is 2.73. The molecule has 0 atom stereocenters. The summed E-state index contributed by atoms with van der Waals surface area (Å²) in [6.45, 7) is 7.98. The van der Waals surface area contributed by atoms with Gasteiger partial charge in [-0.25, -0.2) is 4.39 Å². The molecule has 0 unspecified atom stereocenters. The smallest absolute Gasteiger partial charge is 0.123 e. The quantitative estimate of drug-likeness (QED) is 0.929. The Labute approximate surface area is 119 Å². The molecular formula is C16H22FN3. The molecule has 2 rings (SSSR count). The summed E-state index contributed by atoms with van der Waals surface area (Å²) in [7, 11) is 1.94. The first-order valence-corrected chi connectivity index (χ1v) is 6.84. The Kier molecular flexibility index (Phi) is 4.23. The van der Waals surface area contributed by atoms with Gasteiger partial charge in [-0.2, -0.15) is 5.10 Å². The van der Waals surface area contributed by atoms with E-state index in [0.717, 1.165) is 24.3 Å². The van der Waals surface area contributed by atoms with Gasteiger partial charge in [0.1, 0.15) is 5.82 Å². The topological polar surface area (TPSA) is 29.9 Å². The van der Waals surface area contributed by atoms with Crippen molar-refractivity contribution in [3.8, 4) is 0 Å². The van der Waals surface area contributed by atoms with Crippen molar-refractivity contribution in [2.45, 2.75) is 39.3 Å². The number of hydrogen-bond acceptors (Lipinski definition) is 2. The number of nitrogens with zero attached hydrogens (tertiary/aromatic N) is 2. The molecule has 1 aromatic heterocycles. The molecule has 0 spiro atoms. The van der Waals surface area contributed by atoms with Crippen LogP contribution in [0.25, 0.3) is 0 Å². The van der Waals surface area contributed by atoms with Crippen LogP contribution in [-0.2, 0) is 25.6 Å². The van der Waals surface area contributed by atoms with E-state index in [2.05, 4.69) is 37.4 Å². The number of benzene rings is 1. The molecule has 108 valence electrons. The van der Waals surface area contributed by atoms with Gasteiger partial charge in [0.05, 0.1) is 5.69 Å². The second kappa shape index (κ2) is 5.75. The van der Waals surface area contributed by atoms with Crippen molar-refractivity contribution in [3.05, 3.63) is 53.1 Å². The molecule has 4 heteroatoms. The van der Waals surface area contributed by atoms with Gasteiger partial charge in [-0.1, -0.05) is 32.9 Å². The zero-order valence-electron chi connectivity index (χ0n) is 12.6. The maximum Gasteiger partial charge on any atom is 0.123 e. The summed E-state index contributed by atoms with van der Waals surface area (Å²) in [6.07, 6.45) is 2.05. The van der Waals surface area contributed by atoms with Crippen LogP contribution in [0.15, 0.2) is 30.5 Å². The van der Waals surface area contributed by atoms with E-state index in [9.17, 15) is 4.39 Å². The summed E-state index contributed by atoms with van der Waals surface area (Å²) in [5.41, 5.74) is 3.44. The number of halogens is 1. The van der Waals surface area contributed by atoms with E-state index in [4.69, 9.17) is 0 Å². The Morgan fingerprint density at radius 1 is 1.15 bits per heavy atom. The van der Waals surface area contributed by atoms with Gasteiger partial charge in [0.25, 0.3) is 0 Å². The van der Waals surface area contributed by atoms with E-state index in [1.54, 1.807) is 12.1 Å². The van der Waals surface area contributed by atoms with Crippen molar-refractivity contribution < 1.29 is 4.39 Å².